The van der Waals surface area contributed by atoms with Gasteiger partial charge in [0.15, 0.2) is 0 Å². The van der Waals surface area contributed by atoms with Gasteiger partial charge in [-0.05, 0) is 52.9 Å². The van der Waals surface area contributed by atoms with Crippen molar-refractivity contribution in [1.82, 2.24) is 0 Å². The summed E-state index contributed by atoms with van der Waals surface area (Å²) in [6, 6.07) is 0. The summed E-state index contributed by atoms with van der Waals surface area (Å²) in [4.78, 5) is 32.0. The standard InChI is InChI=1S/C42H82O2.2C4H6O2/c1-5-8-11-13-15-17-19-21-23-24-25-27-29-31-33-35-38-41(37-10-7-3)40(4)42(43)44-39-36-34-32-30-28-26-22-20-18-16-14-12-9-6-2;2*1-3(2)4(5)6/h5-39H2,1-4H3;2*1H2,2H3,(H,5,6). The van der Waals surface area contributed by atoms with Crippen LogP contribution in [0.4, 0.5) is 0 Å². The molecule has 0 amide bonds. The average molecular weight is 791 g/mol. The van der Waals surface area contributed by atoms with Crippen LogP contribution in [-0.2, 0) is 19.1 Å². The molecule has 0 radical (unpaired) electrons. The number of hydrogen-bond donors (Lipinski definition) is 2. The van der Waals surface area contributed by atoms with Crippen LogP contribution in [0.3, 0.4) is 0 Å². The molecule has 0 heterocycles. The minimum absolute atomic E-state index is 0.0534. The van der Waals surface area contributed by atoms with Crippen molar-refractivity contribution in [1.29, 1.82) is 0 Å². The number of carbonyl (C=O) groups excluding carboxylic acids is 1. The normalized spacial score (nSPS) is 11.1. The summed E-state index contributed by atoms with van der Waals surface area (Å²) in [5, 5.41) is 15.8. The third-order valence-corrected chi connectivity index (χ3v) is 10.5. The molecule has 6 nitrogen and oxygen atoms in total. The van der Waals surface area contributed by atoms with Gasteiger partial charge < -0.3 is 14.9 Å². The summed E-state index contributed by atoms with van der Waals surface area (Å²) in [6.07, 6.45) is 45.9. The fraction of sp³-hybridized carbons (Fsp3) is 0.820. The van der Waals surface area contributed by atoms with Crippen molar-refractivity contribution in [2.45, 2.75) is 260 Å². The molecule has 0 spiro atoms. The Morgan fingerprint density at radius 1 is 0.393 bits per heavy atom. The number of hydrogen-bond acceptors (Lipinski definition) is 4. The molecule has 0 aromatic carbocycles. The number of carboxylic acids is 2. The Hall–Kier alpha value is -2.37. The highest BCUT2D eigenvalue weighted by molar-refractivity contribution is 5.88. The van der Waals surface area contributed by atoms with Crippen molar-refractivity contribution < 1.29 is 29.3 Å². The van der Waals surface area contributed by atoms with Crippen molar-refractivity contribution >= 4 is 17.9 Å². The zero-order chi connectivity index (χ0) is 42.5. The number of carboxylic acid groups (broad SMARTS) is 2. The van der Waals surface area contributed by atoms with E-state index < -0.39 is 11.9 Å². The number of carbonyl (C=O) groups is 3. The number of aliphatic carboxylic acids is 2. The quantitative estimate of drug-likeness (QED) is 0.0367. The van der Waals surface area contributed by atoms with E-state index in [9.17, 15) is 14.4 Å². The van der Waals surface area contributed by atoms with Crippen LogP contribution in [0.5, 0.6) is 0 Å². The maximum atomic E-state index is 12.8. The summed E-state index contributed by atoms with van der Waals surface area (Å²) in [5.41, 5.74) is 2.62. The second-order valence-corrected chi connectivity index (χ2v) is 16.3. The molecule has 0 saturated carbocycles. The second kappa shape index (κ2) is 47.0. The minimum Gasteiger partial charge on any atom is -0.478 e. The van der Waals surface area contributed by atoms with Crippen molar-refractivity contribution in [2.24, 2.45) is 0 Å². The highest BCUT2D eigenvalue weighted by Crippen LogP contribution is 2.22. The van der Waals surface area contributed by atoms with Crippen molar-refractivity contribution in [2.75, 3.05) is 6.61 Å². The van der Waals surface area contributed by atoms with Gasteiger partial charge in [-0.25, -0.2) is 14.4 Å². The smallest absolute Gasteiger partial charge is 0.333 e. The number of allylic oxidation sites excluding steroid dienone is 1. The number of ether oxygens (including phenoxy) is 1. The van der Waals surface area contributed by atoms with E-state index in [1.807, 2.05) is 6.92 Å². The first kappa shape index (κ1) is 58.0. The summed E-state index contributed by atoms with van der Waals surface area (Å²) < 4.78 is 5.71. The lowest BCUT2D eigenvalue weighted by molar-refractivity contribution is -0.139. The van der Waals surface area contributed by atoms with E-state index in [2.05, 4.69) is 33.9 Å². The van der Waals surface area contributed by atoms with E-state index in [1.165, 1.54) is 218 Å². The Morgan fingerprint density at radius 2 is 0.625 bits per heavy atom. The molecule has 0 aliphatic carbocycles. The zero-order valence-corrected chi connectivity index (χ0v) is 38.2. The Morgan fingerprint density at radius 3 is 0.893 bits per heavy atom. The SMILES string of the molecule is C=C(C)C(=O)O.C=C(C)C(=O)O.CCCCCCCCCCCCCCCCCCC(CCCC)=C(C)C(=O)OCCCCCCCCCCCCCCCC. The second-order valence-electron chi connectivity index (χ2n) is 16.3. The molecule has 0 aliphatic heterocycles. The van der Waals surface area contributed by atoms with Crippen LogP contribution in [0.2, 0.25) is 0 Å². The highest BCUT2D eigenvalue weighted by atomic mass is 16.5. The average Bonchev–Trinajstić information content (AvgIpc) is 3.17. The van der Waals surface area contributed by atoms with Crippen LogP contribution < -0.4 is 0 Å². The van der Waals surface area contributed by atoms with Crippen molar-refractivity contribution in [3.63, 3.8) is 0 Å². The van der Waals surface area contributed by atoms with Gasteiger partial charge in [0.1, 0.15) is 0 Å². The monoisotopic (exact) mass is 791 g/mol. The van der Waals surface area contributed by atoms with Gasteiger partial charge in [-0.15, -0.1) is 0 Å². The van der Waals surface area contributed by atoms with Gasteiger partial charge >= 0.3 is 17.9 Å². The van der Waals surface area contributed by atoms with Gasteiger partial charge in [0.05, 0.1) is 6.61 Å². The summed E-state index contributed by atoms with van der Waals surface area (Å²) in [6.45, 7) is 18.6. The molecule has 2 N–H and O–H groups in total. The molecule has 6 heteroatoms. The molecular formula is C50H94O6. The molecule has 0 aromatic heterocycles. The zero-order valence-electron chi connectivity index (χ0n) is 38.2. The first-order valence-electron chi connectivity index (χ1n) is 23.6. The molecule has 0 fully saturated rings. The van der Waals surface area contributed by atoms with E-state index in [0.717, 1.165) is 24.8 Å². The van der Waals surface area contributed by atoms with Crippen LogP contribution in [-0.4, -0.2) is 34.7 Å². The first-order valence-corrected chi connectivity index (χ1v) is 23.6. The van der Waals surface area contributed by atoms with E-state index in [1.54, 1.807) is 0 Å². The van der Waals surface area contributed by atoms with Gasteiger partial charge in [0.2, 0.25) is 0 Å². The maximum Gasteiger partial charge on any atom is 0.333 e. The molecule has 330 valence electrons. The summed E-state index contributed by atoms with van der Waals surface area (Å²) in [7, 11) is 0. The van der Waals surface area contributed by atoms with E-state index in [0.29, 0.717) is 6.61 Å². The molecule has 0 aromatic rings. The molecular weight excluding hydrogens is 697 g/mol. The largest absolute Gasteiger partial charge is 0.478 e. The Labute approximate surface area is 348 Å². The minimum atomic E-state index is -0.935. The number of rotatable bonds is 38. The first-order chi connectivity index (χ1) is 27.0. The molecule has 0 aliphatic rings. The summed E-state index contributed by atoms with van der Waals surface area (Å²) in [5.74, 6) is -1.92. The molecule has 0 unspecified atom stereocenters. The van der Waals surface area contributed by atoms with Gasteiger partial charge in [-0.1, -0.05) is 226 Å². The van der Waals surface area contributed by atoms with Gasteiger partial charge in [0.25, 0.3) is 0 Å². The molecule has 0 atom stereocenters. The number of unbranched alkanes of at least 4 members (excludes halogenated alkanes) is 29. The topological polar surface area (TPSA) is 101 Å². The molecule has 0 saturated heterocycles. The Bertz CT molecular complexity index is 917. The Kier molecular flexibility index (Phi) is 48.6. The third-order valence-electron chi connectivity index (χ3n) is 10.5. The van der Waals surface area contributed by atoms with Crippen molar-refractivity contribution in [3.8, 4) is 0 Å². The maximum absolute atomic E-state index is 12.8. The van der Waals surface area contributed by atoms with E-state index in [-0.39, 0.29) is 17.1 Å². The van der Waals surface area contributed by atoms with Crippen LogP contribution in [0.25, 0.3) is 0 Å². The van der Waals surface area contributed by atoms with Gasteiger partial charge in [-0.2, -0.15) is 0 Å². The van der Waals surface area contributed by atoms with Crippen LogP contribution in [0.15, 0.2) is 35.5 Å². The molecule has 0 rings (SSSR count). The fourth-order valence-corrected chi connectivity index (χ4v) is 6.49. The van der Waals surface area contributed by atoms with Crippen LogP contribution in [0.1, 0.15) is 260 Å². The van der Waals surface area contributed by atoms with Gasteiger partial charge in [0, 0.05) is 16.7 Å². The lowest BCUT2D eigenvalue weighted by Gasteiger charge is -2.12. The number of esters is 1. The van der Waals surface area contributed by atoms with Gasteiger partial charge in [-0.3, -0.25) is 0 Å². The predicted molar refractivity (Wildman–Crippen MR) is 243 cm³/mol. The van der Waals surface area contributed by atoms with E-state index in [4.69, 9.17) is 14.9 Å². The lowest BCUT2D eigenvalue weighted by atomic mass is 9.96. The Balaban J connectivity index is -0.00000201. The molecule has 0 bridgehead atoms. The fourth-order valence-electron chi connectivity index (χ4n) is 6.49. The lowest BCUT2D eigenvalue weighted by Crippen LogP contribution is -2.10. The van der Waals surface area contributed by atoms with Crippen LogP contribution in [0, 0.1) is 0 Å². The van der Waals surface area contributed by atoms with Crippen molar-refractivity contribution in [3.05, 3.63) is 35.5 Å². The molecule has 56 heavy (non-hydrogen) atoms. The summed E-state index contributed by atoms with van der Waals surface area (Å²) >= 11 is 0. The highest BCUT2D eigenvalue weighted by Gasteiger charge is 2.12. The van der Waals surface area contributed by atoms with Crippen LogP contribution >= 0.6 is 0 Å². The predicted octanol–water partition coefficient (Wildman–Crippen LogP) is 16.5. The van der Waals surface area contributed by atoms with E-state index >= 15 is 0 Å². The third kappa shape index (κ3) is 47.8.